The quantitative estimate of drug-likeness (QED) is 0.0898. The third-order valence-electron chi connectivity index (χ3n) is 10.0. The van der Waals surface area contributed by atoms with Crippen molar-refractivity contribution in [3.05, 3.63) is 102 Å². The number of amides is 3. The number of hydrogen-bond donors (Lipinski definition) is 8. The summed E-state index contributed by atoms with van der Waals surface area (Å²) in [6.45, 7) is 0.574. The lowest BCUT2D eigenvalue weighted by atomic mass is 9.91. The Morgan fingerprint density at radius 1 is 0.911 bits per heavy atom. The van der Waals surface area contributed by atoms with E-state index in [-0.39, 0.29) is 35.7 Å². The van der Waals surface area contributed by atoms with Crippen molar-refractivity contribution in [1.82, 2.24) is 30.2 Å². The van der Waals surface area contributed by atoms with Crippen LogP contribution in [0.4, 0.5) is 22.2 Å². The number of aliphatic hydroxyl groups excluding tert-OH is 3. The molecule has 7 rings (SSSR count). The van der Waals surface area contributed by atoms with E-state index in [1.54, 1.807) is 4.57 Å². The van der Waals surface area contributed by atoms with Crippen LogP contribution in [0.2, 0.25) is 0 Å². The lowest BCUT2D eigenvalue weighted by Gasteiger charge is -2.22. The number of aliphatic hydroxyl groups is 3. The standard InChI is InChI=1S/C37H42N10O7S.ClH/c38-55(53,54)26-13-11-24(12-14-26)41-37(52)42-25-15-16-46(19-25)36-44-34(39-18-27(22-7-3-1-4-8-22)23-9-5-2-6-10-23)31-35(45-36)47(21-40-31)29-17-28(32(50)33(29)51)43-30(49)20-48;/h1-14,21,25,27-29,32-33,48,50-51H,15-20H2,(H,43,49)(H2,38,53,54)(H,39,44,45)(H2,41,42,52);1H/t25-,28+,29-,32-,33+;/m1./s1. The average Bonchev–Trinajstić information content (AvgIpc) is 3.90. The molecule has 0 bridgehead atoms. The lowest BCUT2D eigenvalue weighted by Crippen LogP contribution is -2.44. The number of halogens is 1. The van der Waals surface area contributed by atoms with Gasteiger partial charge in [0.25, 0.3) is 0 Å². The number of benzene rings is 3. The van der Waals surface area contributed by atoms with E-state index in [0.717, 1.165) is 11.1 Å². The fourth-order valence-electron chi connectivity index (χ4n) is 7.23. The minimum absolute atomic E-state index is 0. The van der Waals surface area contributed by atoms with Gasteiger partial charge < -0.3 is 46.1 Å². The van der Waals surface area contributed by atoms with Gasteiger partial charge in [0.05, 0.1) is 23.3 Å². The largest absolute Gasteiger partial charge is 0.388 e. The van der Waals surface area contributed by atoms with Gasteiger partial charge in [-0.3, -0.25) is 4.79 Å². The molecule has 2 fully saturated rings. The fraction of sp³-hybridized carbons (Fsp3) is 0.324. The number of nitrogens with one attached hydrogen (secondary N) is 4. The molecule has 2 aromatic heterocycles. The highest BCUT2D eigenvalue weighted by Crippen LogP contribution is 2.35. The summed E-state index contributed by atoms with van der Waals surface area (Å²) in [5.74, 6) is 0.0937. The summed E-state index contributed by atoms with van der Waals surface area (Å²) in [6.07, 6.45) is -0.304. The molecule has 296 valence electrons. The Labute approximate surface area is 328 Å². The van der Waals surface area contributed by atoms with Crippen LogP contribution >= 0.6 is 12.4 Å². The van der Waals surface area contributed by atoms with E-state index in [2.05, 4.69) is 50.5 Å². The van der Waals surface area contributed by atoms with Crippen LogP contribution in [-0.2, 0) is 14.8 Å². The number of sulfonamides is 1. The molecule has 3 amide bonds. The second-order valence-corrected chi connectivity index (χ2v) is 15.2. The van der Waals surface area contributed by atoms with Gasteiger partial charge >= 0.3 is 6.03 Å². The Kier molecular flexibility index (Phi) is 12.4. The highest BCUT2D eigenvalue weighted by molar-refractivity contribution is 7.89. The summed E-state index contributed by atoms with van der Waals surface area (Å²) >= 11 is 0. The molecule has 3 heterocycles. The topological polar surface area (TPSA) is 250 Å². The van der Waals surface area contributed by atoms with Gasteiger partial charge in [0.1, 0.15) is 18.8 Å². The second-order valence-electron chi connectivity index (χ2n) is 13.7. The molecule has 5 atom stereocenters. The number of nitrogens with zero attached hydrogens (tertiary/aromatic N) is 5. The SMILES string of the molecule is Cl.NS(=O)(=O)c1ccc(NC(=O)N[C@@H]2CCN(c3nc(NCC(c4ccccc4)c4ccccc4)c4ncn([C@@H]5C[C@H](NC(=O)CO)[C@@H](O)[C@H]5O)c4n3)C2)cc1. The molecule has 1 aliphatic heterocycles. The van der Waals surface area contributed by atoms with Crippen molar-refractivity contribution in [3.63, 3.8) is 0 Å². The maximum atomic E-state index is 12.9. The van der Waals surface area contributed by atoms with Crippen molar-refractivity contribution >= 4 is 63.0 Å². The molecule has 9 N–H and O–H groups in total. The maximum absolute atomic E-state index is 12.9. The highest BCUT2D eigenvalue weighted by Gasteiger charge is 2.44. The van der Waals surface area contributed by atoms with Crippen molar-refractivity contribution in [2.45, 2.75) is 54.0 Å². The van der Waals surface area contributed by atoms with E-state index < -0.39 is 52.9 Å². The number of primary sulfonamides is 1. The van der Waals surface area contributed by atoms with Crippen LogP contribution in [0.5, 0.6) is 0 Å². The minimum atomic E-state index is -3.87. The van der Waals surface area contributed by atoms with E-state index in [1.807, 2.05) is 41.3 Å². The van der Waals surface area contributed by atoms with Crippen LogP contribution in [0.25, 0.3) is 11.2 Å². The van der Waals surface area contributed by atoms with Crippen molar-refractivity contribution < 1.29 is 33.3 Å². The van der Waals surface area contributed by atoms with Crippen LogP contribution in [-0.4, -0.2) is 106 Å². The Morgan fingerprint density at radius 2 is 1.57 bits per heavy atom. The number of hydrogen-bond acceptors (Lipinski definition) is 12. The summed E-state index contributed by atoms with van der Waals surface area (Å²) in [6, 6.07) is 23.4. The molecule has 0 spiro atoms. The molecule has 1 aliphatic carbocycles. The van der Waals surface area contributed by atoms with Crippen LogP contribution in [0.15, 0.2) is 96.2 Å². The smallest absolute Gasteiger partial charge is 0.319 e. The maximum Gasteiger partial charge on any atom is 0.319 e. The zero-order valence-electron chi connectivity index (χ0n) is 30.0. The zero-order valence-corrected chi connectivity index (χ0v) is 31.6. The number of aromatic nitrogens is 4. The van der Waals surface area contributed by atoms with Gasteiger partial charge in [-0.25, -0.2) is 23.3 Å². The van der Waals surface area contributed by atoms with Gasteiger partial charge in [0, 0.05) is 37.3 Å². The van der Waals surface area contributed by atoms with Gasteiger partial charge in [-0.1, -0.05) is 60.7 Å². The minimum Gasteiger partial charge on any atom is -0.388 e. The summed E-state index contributed by atoms with van der Waals surface area (Å²) < 4.78 is 24.9. The van der Waals surface area contributed by atoms with E-state index >= 15 is 0 Å². The number of fused-ring (bicyclic) bond motifs is 1. The summed E-state index contributed by atoms with van der Waals surface area (Å²) in [4.78, 5) is 41.2. The molecular formula is C37H43ClN10O7S. The number of anilines is 3. The van der Waals surface area contributed by atoms with E-state index in [4.69, 9.17) is 15.1 Å². The summed E-state index contributed by atoms with van der Waals surface area (Å²) in [7, 11) is -3.87. The van der Waals surface area contributed by atoms with Crippen LogP contribution < -0.4 is 31.3 Å². The van der Waals surface area contributed by atoms with Crippen molar-refractivity contribution in [3.8, 4) is 0 Å². The molecule has 0 unspecified atom stereocenters. The Hall–Kier alpha value is -5.37. The molecule has 3 aromatic carbocycles. The van der Waals surface area contributed by atoms with Crippen LogP contribution in [0.3, 0.4) is 0 Å². The third kappa shape index (κ3) is 8.85. The molecule has 56 heavy (non-hydrogen) atoms. The first-order valence-electron chi connectivity index (χ1n) is 17.8. The van der Waals surface area contributed by atoms with Crippen molar-refractivity contribution in [2.24, 2.45) is 5.14 Å². The first-order valence-corrected chi connectivity index (χ1v) is 19.3. The van der Waals surface area contributed by atoms with Crippen LogP contribution in [0, 0.1) is 0 Å². The summed E-state index contributed by atoms with van der Waals surface area (Å²) in [5, 5.41) is 48.1. The fourth-order valence-corrected chi connectivity index (χ4v) is 7.75. The predicted molar refractivity (Wildman–Crippen MR) is 211 cm³/mol. The molecule has 17 nitrogen and oxygen atoms in total. The van der Waals surface area contributed by atoms with Crippen molar-refractivity contribution in [1.29, 1.82) is 0 Å². The van der Waals surface area contributed by atoms with E-state index in [0.29, 0.717) is 54.7 Å². The van der Waals surface area contributed by atoms with E-state index in [1.165, 1.54) is 30.6 Å². The number of imidazole rings is 1. The summed E-state index contributed by atoms with van der Waals surface area (Å²) in [5.41, 5.74) is 3.42. The van der Waals surface area contributed by atoms with Crippen LogP contribution in [0.1, 0.15) is 35.9 Å². The third-order valence-corrected chi connectivity index (χ3v) is 11.0. The molecule has 5 aromatic rings. The Morgan fingerprint density at radius 3 is 2.20 bits per heavy atom. The zero-order chi connectivity index (χ0) is 38.7. The second kappa shape index (κ2) is 17.2. The molecule has 2 aliphatic rings. The number of carbonyl (C=O) groups is 2. The van der Waals surface area contributed by atoms with Gasteiger partial charge in [0.2, 0.25) is 21.9 Å². The van der Waals surface area contributed by atoms with Gasteiger partial charge in [0.15, 0.2) is 17.0 Å². The first-order chi connectivity index (χ1) is 26.5. The number of urea groups is 1. The normalized spacial score (nSPS) is 20.8. The predicted octanol–water partition coefficient (Wildman–Crippen LogP) is 1.68. The average molecular weight is 807 g/mol. The number of carbonyl (C=O) groups excluding carboxylic acids is 2. The monoisotopic (exact) mass is 806 g/mol. The van der Waals surface area contributed by atoms with Gasteiger partial charge in [-0.05, 0) is 48.2 Å². The molecule has 1 saturated heterocycles. The van der Waals surface area contributed by atoms with Crippen molar-refractivity contribution in [2.75, 3.05) is 41.8 Å². The Balaban J connectivity index is 0.00000532. The Bertz CT molecular complexity index is 2210. The lowest BCUT2D eigenvalue weighted by molar-refractivity contribution is -0.125. The molecule has 19 heteroatoms. The van der Waals surface area contributed by atoms with Gasteiger partial charge in [-0.15, -0.1) is 12.4 Å². The van der Waals surface area contributed by atoms with E-state index in [9.17, 15) is 33.3 Å². The highest BCUT2D eigenvalue weighted by atomic mass is 35.5. The number of rotatable bonds is 12. The number of nitrogens with two attached hydrogens (primary N) is 1. The first kappa shape index (κ1) is 40.3. The molecule has 0 radical (unpaired) electrons. The molecule has 1 saturated carbocycles. The molecular weight excluding hydrogens is 764 g/mol. The van der Waals surface area contributed by atoms with Gasteiger partial charge in [-0.2, -0.15) is 9.97 Å².